The summed E-state index contributed by atoms with van der Waals surface area (Å²) < 4.78 is 10.7. The van der Waals surface area contributed by atoms with Crippen LogP contribution < -0.4 is 9.47 Å². The molecule has 0 N–H and O–H groups in total. The Morgan fingerprint density at radius 3 is 2.52 bits per heavy atom. The first-order chi connectivity index (χ1) is 13.0. The van der Waals surface area contributed by atoms with E-state index in [9.17, 15) is 10.1 Å². The minimum absolute atomic E-state index is 0.0602. The molecule has 0 saturated heterocycles. The van der Waals surface area contributed by atoms with Crippen LogP contribution in [0.5, 0.6) is 11.5 Å². The molecule has 0 atom stereocenters. The molecule has 0 unspecified atom stereocenters. The largest absolute Gasteiger partial charge is 0.497 e. The van der Waals surface area contributed by atoms with Crippen molar-refractivity contribution in [2.24, 2.45) is 0 Å². The van der Waals surface area contributed by atoms with E-state index in [0.717, 1.165) is 28.2 Å². The standard InChI is InChI=1S/C20H19ClN2O4/c1-26-19-8-5-15(20(10-19)27-2)11-22-12-16(9-17(21)13-22)14-3-6-18(7-4-14)23(24)25/h3-10,12H,11,13H2,1-2H3. The van der Waals surface area contributed by atoms with Crippen molar-refractivity contribution in [1.29, 1.82) is 0 Å². The fourth-order valence-corrected chi connectivity index (χ4v) is 3.20. The average Bonchev–Trinajstić information content (AvgIpc) is 2.68. The molecule has 140 valence electrons. The Kier molecular flexibility index (Phi) is 5.66. The van der Waals surface area contributed by atoms with Crippen molar-refractivity contribution in [1.82, 2.24) is 4.90 Å². The van der Waals surface area contributed by atoms with Gasteiger partial charge in [0.25, 0.3) is 5.69 Å². The topological polar surface area (TPSA) is 64.8 Å². The summed E-state index contributed by atoms with van der Waals surface area (Å²) in [6.07, 6.45) is 3.88. The zero-order valence-electron chi connectivity index (χ0n) is 15.0. The molecule has 3 rings (SSSR count). The first-order valence-electron chi connectivity index (χ1n) is 8.28. The minimum Gasteiger partial charge on any atom is -0.497 e. The monoisotopic (exact) mass is 386 g/mol. The third-order valence-corrected chi connectivity index (χ3v) is 4.50. The molecule has 1 heterocycles. The van der Waals surface area contributed by atoms with Crippen LogP contribution in [-0.4, -0.2) is 30.6 Å². The lowest BCUT2D eigenvalue weighted by atomic mass is 10.0. The van der Waals surface area contributed by atoms with E-state index in [4.69, 9.17) is 21.1 Å². The summed E-state index contributed by atoms with van der Waals surface area (Å²) in [7, 11) is 3.24. The molecule has 1 aliphatic rings. The molecule has 0 aromatic heterocycles. The molecule has 0 saturated carbocycles. The third kappa shape index (κ3) is 4.41. The Hall–Kier alpha value is -2.99. The molecule has 0 spiro atoms. The van der Waals surface area contributed by atoms with E-state index in [-0.39, 0.29) is 5.69 Å². The van der Waals surface area contributed by atoms with Crippen molar-refractivity contribution < 1.29 is 14.4 Å². The molecule has 0 fully saturated rings. The lowest BCUT2D eigenvalue weighted by molar-refractivity contribution is -0.384. The van der Waals surface area contributed by atoms with E-state index in [1.54, 1.807) is 26.4 Å². The fourth-order valence-electron chi connectivity index (χ4n) is 2.92. The molecule has 0 amide bonds. The number of hydrogen-bond donors (Lipinski definition) is 0. The third-order valence-electron chi connectivity index (χ3n) is 4.27. The number of allylic oxidation sites excluding steroid dienone is 2. The highest BCUT2D eigenvalue weighted by atomic mass is 35.5. The van der Waals surface area contributed by atoms with Crippen molar-refractivity contribution in [3.8, 4) is 11.5 Å². The van der Waals surface area contributed by atoms with Gasteiger partial charge in [-0.1, -0.05) is 11.6 Å². The highest BCUT2D eigenvalue weighted by Crippen LogP contribution is 2.30. The van der Waals surface area contributed by atoms with Gasteiger partial charge in [-0.3, -0.25) is 10.1 Å². The summed E-state index contributed by atoms with van der Waals surface area (Å²) in [6, 6.07) is 12.1. The number of rotatable bonds is 6. The van der Waals surface area contributed by atoms with Crippen LogP contribution in [0.2, 0.25) is 0 Å². The maximum atomic E-state index is 10.8. The van der Waals surface area contributed by atoms with E-state index in [2.05, 4.69) is 4.90 Å². The Morgan fingerprint density at radius 1 is 1.15 bits per heavy atom. The number of ether oxygens (including phenoxy) is 2. The summed E-state index contributed by atoms with van der Waals surface area (Å²) >= 11 is 6.34. The number of nitrogens with zero attached hydrogens (tertiary/aromatic N) is 2. The van der Waals surface area contributed by atoms with E-state index in [1.165, 1.54) is 12.1 Å². The second-order valence-corrected chi connectivity index (χ2v) is 6.55. The number of non-ortho nitro benzene ring substituents is 1. The van der Waals surface area contributed by atoms with Gasteiger partial charge in [0.1, 0.15) is 11.5 Å². The first-order valence-corrected chi connectivity index (χ1v) is 8.65. The average molecular weight is 387 g/mol. The molecule has 0 bridgehead atoms. The van der Waals surface area contributed by atoms with Gasteiger partial charge in [-0.25, -0.2) is 0 Å². The number of hydrogen-bond acceptors (Lipinski definition) is 5. The Morgan fingerprint density at radius 2 is 1.89 bits per heavy atom. The van der Waals surface area contributed by atoms with Crippen molar-refractivity contribution in [3.63, 3.8) is 0 Å². The Bertz CT molecular complexity index is 907. The summed E-state index contributed by atoms with van der Waals surface area (Å²) in [5.74, 6) is 1.47. The molecule has 7 heteroatoms. The van der Waals surface area contributed by atoms with Gasteiger partial charge in [-0.05, 0) is 41.5 Å². The highest BCUT2D eigenvalue weighted by Gasteiger charge is 2.16. The van der Waals surface area contributed by atoms with Crippen LogP contribution in [0, 0.1) is 10.1 Å². The summed E-state index contributed by atoms with van der Waals surface area (Å²) in [5, 5.41) is 11.5. The van der Waals surface area contributed by atoms with Crippen molar-refractivity contribution >= 4 is 22.9 Å². The van der Waals surface area contributed by atoms with Crippen molar-refractivity contribution in [2.75, 3.05) is 20.8 Å². The van der Waals surface area contributed by atoms with Crippen LogP contribution in [0.25, 0.3) is 5.57 Å². The predicted molar refractivity (Wildman–Crippen MR) is 105 cm³/mol. The van der Waals surface area contributed by atoms with E-state index < -0.39 is 4.92 Å². The minimum atomic E-state index is -0.413. The molecule has 1 aliphatic heterocycles. The maximum absolute atomic E-state index is 10.8. The summed E-state index contributed by atoms with van der Waals surface area (Å²) in [6.45, 7) is 1.18. The maximum Gasteiger partial charge on any atom is 0.269 e. The van der Waals surface area contributed by atoms with Crippen molar-refractivity contribution in [3.05, 3.63) is 81.0 Å². The van der Waals surface area contributed by atoms with Crippen LogP contribution in [0.3, 0.4) is 0 Å². The molecule has 6 nitrogen and oxygen atoms in total. The molecular weight excluding hydrogens is 368 g/mol. The molecule has 0 radical (unpaired) electrons. The number of halogens is 1. The molecule has 27 heavy (non-hydrogen) atoms. The van der Waals surface area contributed by atoms with Gasteiger partial charge >= 0.3 is 0 Å². The van der Waals surface area contributed by atoms with E-state index >= 15 is 0 Å². The van der Waals surface area contributed by atoms with Gasteiger partial charge < -0.3 is 14.4 Å². The molecule has 2 aromatic carbocycles. The second-order valence-electron chi connectivity index (χ2n) is 6.06. The Balaban J connectivity index is 1.85. The van der Waals surface area contributed by atoms with Gasteiger partial charge in [0, 0.05) is 41.5 Å². The predicted octanol–water partition coefficient (Wildman–Crippen LogP) is 4.59. The number of benzene rings is 2. The smallest absolute Gasteiger partial charge is 0.269 e. The van der Waals surface area contributed by atoms with Crippen LogP contribution in [0.4, 0.5) is 5.69 Å². The highest BCUT2D eigenvalue weighted by molar-refractivity contribution is 6.30. The van der Waals surface area contributed by atoms with Crippen LogP contribution in [0.1, 0.15) is 11.1 Å². The lowest BCUT2D eigenvalue weighted by Crippen LogP contribution is -2.21. The van der Waals surface area contributed by atoms with Gasteiger partial charge in [-0.2, -0.15) is 0 Å². The van der Waals surface area contributed by atoms with Gasteiger partial charge in [0.05, 0.1) is 25.7 Å². The zero-order chi connectivity index (χ0) is 19.4. The number of methoxy groups -OCH3 is 2. The number of nitro benzene ring substituents is 1. The van der Waals surface area contributed by atoms with Gasteiger partial charge in [0.2, 0.25) is 0 Å². The quantitative estimate of drug-likeness (QED) is 0.536. The van der Waals surface area contributed by atoms with Crippen molar-refractivity contribution in [2.45, 2.75) is 6.54 Å². The van der Waals surface area contributed by atoms with Crippen LogP contribution >= 0.6 is 11.6 Å². The SMILES string of the molecule is COc1ccc(CN2C=C(c3ccc([N+](=O)[O-])cc3)C=C(Cl)C2)c(OC)c1. The summed E-state index contributed by atoms with van der Waals surface area (Å²) in [4.78, 5) is 12.5. The molecule has 0 aliphatic carbocycles. The van der Waals surface area contributed by atoms with Gasteiger partial charge in [-0.15, -0.1) is 0 Å². The first kappa shape index (κ1) is 18.8. The summed E-state index contributed by atoms with van der Waals surface area (Å²) in [5.41, 5.74) is 2.83. The Labute approximate surface area is 162 Å². The van der Waals surface area contributed by atoms with Crippen LogP contribution in [-0.2, 0) is 6.54 Å². The van der Waals surface area contributed by atoms with E-state index in [1.807, 2.05) is 30.5 Å². The second kappa shape index (κ2) is 8.14. The normalized spacial score (nSPS) is 13.7. The molecular formula is C20H19ClN2O4. The van der Waals surface area contributed by atoms with E-state index in [0.29, 0.717) is 18.1 Å². The zero-order valence-corrected chi connectivity index (χ0v) is 15.8. The fraction of sp³-hybridized carbons (Fsp3) is 0.200. The van der Waals surface area contributed by atoms with Gasteiger partial charge in [0.15, 0.2) is 0 Å². The lowest BCUT2D eigenvalue weighted by Gasteiger charge is -2.26. The number of nitro groups is 1. The van der Waals surface area contributed by atoms with Crippen LogP contribution in [0.15, 0.2) is 59.8 Å². The molecule has 2 aromatic rings.